The van der Waals surface area contributed by atoms with Crippen LogP contribution in [-0.2, 0) is 28.9 Å². The van der Waals surface area contributed by atoms with Gasteiger partial charge in [0, 0.05) is 6.42 Å². The van der Waals surface area contributed by atoms with Crippen molar-refractivity contribution in [1.82, 2.24) is 5.32 Å². The number of aliphatic hydroxyl groups excluding tert-OH is 4. The number of carbonyl (C=O) groups is 1. The van der Waals surface area contributed by atoms with Crippen LogP contribution in [0.15, 0.2) is 36.5 Å². The molecule has 13 heteroatoms. The highest BCUT2D eigenvalue weighted by Crippen LogP contribution is 2.26. The molecule has 1 aliphatic heterocycles. The van der Waals surface area contributed by atoms with Gasteiger partial charge in [-0.25, -0.2) is 4.18 Å². The molecule has 58 heavy (non-hydrogen) atoms. The van der Waals surface area contributed by atoms with E-state index >= 15 is 0 Å². The third kappa shape index (κ3) is 28.7. The van der Waals surface area contributed by atoms with Crippen molar-refractivity contribution < 1.29 is 51.8 Å². The van der Waals surface area contributed by atoms with Crippen molar-refractivity contribution in [2.24, 2.45) is 0 Å². The van der Waals surface area contributed by atoms with E-state index in [1.54, 1.807) is 6.08 Å². The number of unbranched alkanes of at least 4 members (excludes halogenated alkanes) is 22. The first-order chi connectivity index (χ1) is 28.0. The molecule has 0 spiro atoms. The van der Waals surface area contributed by atoms with E-state index in [1.165, 1.54) is 103 Å². The largest absolute Gasteiger partial charge is 0.397 e. The zero-order valence-electron chi connectivity index (χ0n) is 36.1. The van der Waals surface area contributed by atoms with Crippen molar-refractivity contribution in [2.75, 3.05) is 13.2 Å². The van der Waals surface area contributed by atoms with Crippen LogP contribution < -0.4 is 5.32 Å². The number of allylic oxidation sites excluding steroid dienone is 5. The normalized spacial score (nSPS) is 21.4. The Kier molecular flexibility index (Phi) is 33.7. The Bertz CT molecular complexity index is 1180. The van der Waals surface area contributed by atoms with Crippen LogP contribution in [0.1, 0.15) is 187 Å². The molecular weight excluding hydrogens is 763 g/mol. The van der Waals surface area contributed by atoms with Crippen molar-refractivity contribution in [3.8, 4) is 0 Å². The van der Waals surface area contributed by atoms with Crippen molar-refractivity contribution >= 4 is 16.3 Å². The zero-order valence-corrected chi connectivity index (χ0v) is 36.9. The van der Waals surface area contributed by atoms with E-state index in [1.807, 2.05) is 6.08 Å². The molecule has 1 rings (SSSR count). The molecule has 0 aliphatic carbocycles. The van der Waals surface area contributed by atoms with Gasteiger partial charge < -0.3 is 35.2 Å². The zero-order chi connectivity index (χ0) is 42.7. The van der Waals surface area contributed by atoms with Gasteiger partial charge in [-0.3, -0.25) is 9.35 Å². The minimum atomic E-state index is -5.08. The Labute approximate surface area is 352 Å². The summed E-state index contributed by atoms with van der Waals surface area (Å²) >= 11 is 0. The number of rotatable bonds is 38. The Morgan fingerprint density at radius 3 is 1.67 bits per heavy atom. The fourth-order valence-corrected chi connectivity index (χ4v) is 7.58. The molecule has 7 unspecified atom stereocenters. The number of carbonyl (C=O) groups excluding carboxylic acids is 1. The number of amides is 1. The maximum Gasteiger partial charge on any atom is 0.397 e. The van der Waals surface area contributed by atoms with E-state index in [2.05, 4.69) is 47.7 Å². The lowest BCUT2D eigenvalue weighted by Gasteiger charge is -2.41. The highest BCUT2D eigenvalue weighted by Gasteiger charge is 2.48. The molecule has 1 aliphatic rings. The van der Waals surface area contributed by atoms with Gasteiger partial charge in [0.15, 0.2) is 6.29 Å². The molecule has 6 N–H and O–H groups in total. The summed E-state index contributed by atoms with van der Waals surface area (Å²) in [7, 11) is -5.08. The first-order valence-corrected chi connectivity index (χ1v) is 24.2. The van der Waals surface area contributed by atoms with Crippen LogP contribution in [0.2, 0.25) is 0 Å². The SMILES string of the molecule is CCCCC/C=C\C/C=C\CCCCCCCCCC(=O)NC(COC1OC(CO)C(O)C(OS(=O)(=O)O)C1O)C(O)/C=C/CCCCCCCCCCCCCC. The number of ether oxygens (including phenoxy) is 2. The van der Waals surface area contributed by atoms with Gasteiger partial charge in [-0.2, -0.15) is 8.42 Å². The summed E-state index contributed by atoms with van der Waals surface area (Å²) < 4.78 is 47.5. The van der Waals surface area contributed by atoms with Gasteiger partial charge >= 0.3 is 10.4 Å². The van der Waals surface area contributed by atoms with E-state index in [9.17, 15) is 38.2 Å². The first kappa shape index (κ1) is 54.3. The Morgan fingerprint density at radius 1 is 0.690 bits per heavy atom. The second kappa shape index (κ2) is 36.0. The van der Waals surface area contributed by atoms with Gasteiger partial charge in [0.1, 0.15) is 24.4 Å². The summed E-state index contributed by atoms with van der Waals surface area (Å²) in [6, 6.07) is -0.947. The summed E-state index contributed by atoms with van der Waals surface area (Å²) in [5.41, 5.74) is 0. The number of nitrogens with one attached hydrogen (secondary N) is 1. The molecule has 0 aromatic heterocycles. The monoisotopic (exact) mass is 846 g/mol. The predicted molar refractivity (Wildman–Crippen MR) is 231 cm³/mol. The molecule has 1 heterocycles. The van der Waals surface area contributed by atoms with Crippen LogP contribution in [0, 0.1) is 0 Å². The van der Waals surface area contributed by atoms with Gasteiger partial charge in [-0.15, -0.1) is 0 Å². The van der Waals surface area contributed by atoms with Gasteiger partial charge in [-0.05, 0) is 51.4 Å². The Hall–Kier alpha value is -1.68. The molecule has 1 saturated heterocycles. The molecule has 1 amide bonds. The van der Waals surface area contributed by atoms with Crippen molar-refractivity contribution in [3.05, 3.63) is 36.5 Å². The molecule has 1 fully saturated rings. The van der Waals surface area contributed by atoms with Crippen LogP contribution in [-0.4, -0.2) is 95.4 Å². The second-order valence-corrected chi connectivity index (χ2v) is 17.0. The molecule has 0 radical (unpaired) electrons. The molecule has 12 nitrogen and oxygen atoms in total. The van der Waals surface area contributed by atoms with E-state index in [0.29, 0.717) is 6.42 Å². The summed E-state index contributed by atoms with van der Waals surface area (Å²) in [6.07, 6.45) is 33.2. The van der Waals surface area contributed by atoms with Gasteiger partial charge in [0.25, 0.3) is 0 Å². The first-order valence-electron chi connectivity index (χ1n) is 22.9. The number of hydrogen-bond donors (Lipinski definition) is 6. The number of hydrogen-bond acceptors (Lipinski definition) is 10. The van der Waals surface area contributed by atoms with Crippen molar-refractivity contribution in [1.29, 1.82) is 0 Å². The summed E-state index contributed by atoms with van der Waals surface area (Å²) in [4.78, 5) is 13.0. The van der Waals surface area contributed by atoms with E-state index < -0.39 is 59.9 Å². The fraction of sp³-hybridized carbons (Fsp3) is 0.844. The summed E-state index contributed by atoms with van der Waals surface area (Å²) in [5, 5.41) is 44.7. The summed E-state index contributed by atoms with van der Waals surface area (Å²) in [6.45, 7) is 3.34. The minimum absolute atomic E-state index is 0.259. The standard InChI is InChI=1S/C45H83NO11S/c1-3-5-7-9-11-13-15-17-19-20-21-23-25-27-29-31-33-35-41(49)46-38(37-55-45-43(51)44(57-58(52,53)54)42(50)40(36-47)56-45)39(48)34-32-30-28-26-24-22-18-16-14-12-10-8-6-4-2/h11,13,17,19,32,34,38-40,42-45,47-48,50-51H,3-10,12,14-16,18,20-31,33,35-37H2,1-2H3,(H,46,49)(H,52,53,54)/b13-11-,19-17-,34-32+. The van der Waals surface area contributed by atoms with Crippen LogP contribution in [0.4, 0.5) is 0 Å². The van der Waals surface area contributed by atoms with Crippen LogP contribution >= 0.6 is 0 Å². The third-order valence-corrected chi connectivity index (χ3v) is 11.1. The summed E-state index contributed by atoms with van der Waals surface area (Å²) in [5.74, 6) is -0.272. The average molecular weight is 846 g/mol. The average Bonchev–Trinajstić information content (AvgIpc) is 3.19. The minimum Gasteiger partial charge on any atom is -0.394 e. The highest BCUT2D eigenvalue weighted by atomic mass is 32.3. The van der Waals surface area contributed by atoms with Crippen molar-refractivity contribution in [2.45, 2.75) is 230 Å². The van der Waals surface area contributed by atoms with Crippen molar-refractivity contribution in [3.63, 3.8) is 0 Å². The van der Waals surface area contributed by atoms with Gasteiger partial charge in [0.2, 0.25) is 5.91 Å². The maximum absolute atomic E-state index is 13.0. The van der Waals surface area contributed by atoms with Crippen LogP contribution in [0.3, 0.4) is 0 Å². The topological polar surface area (TPSA) is 192 Å². The van der Waals surface area contributed by atoms with Crippen LogP contribution in [0.5, 0.6) is 0 Å². The lowest BCUT2D eigenvalue weighted by molar-refractivity contribution is -0.298. The molecule has 7 atom stereocenters. The molecule has 0 aromatic rings. The van der Waals surface area contributed by atoms with Gasteiger partial charge in [-0.1, -0.05) is 166 Å². The molecular formula is C45H83NO11S. The third-order valence-electron chi connectivity index (χ3n) is 10.7. The van der Waals surface area contributed by atoms with E-state index in [0.717, 1.165) is 57.8 Å². The maximum atomic E-state index is 13.0. The van der Waals surface area contributed by atoms with Crippen LogP contribution in [0.25, 0.3) is 0 Å². The van der Waals surface area contributed by atoms with E-state index in [-0.39, 0.29) is 18.9 Å². The Balaban J connectivity index is 2.54. The molecule has 340 valence electrons. The molecule has 0 aromatic carbocycles. The fourth-order valence-electron chi connectivity index (χ4n) is 7.07. The quantitative estimate of drug-likeness (QED) is 0.0198. The smallest absolute Gasteiger partial charge is 0.394 e. The highest BCUT2D eigenvalue weighted by molar-refractivity contribution is 7.80. The second-order valence-electron chi connectivity index (χ2n) is 16.0. The lowest BCUT2D eigenvalue weighted by atomic mass is 9.99. The predicted octanol–water partition coefficient (Wildman–Crippen LogP) is 8.72. The number of aliphatic hydroxyl groups is 4. The Morgan fingerprint density at radius 2 is 1.16 bits per heavy atom. The lowest BCUT2D eigenvalue weighted by Crippen LogP contribution is -2.61. The van der Waals surface area contributed by atoms with Gasteiger partial charge in [0.05, 0.1) is 25.4 Å². The molecule has 0 saturated carbocycles. The van der Waals surface area contributed by atoms with E-state index in [4.69, 9.17) is 9.47 Å². The molecule has 0 bridgehead atoms.